The van der Waals surface area contributed by atoms with Gasteiger partial charge in [-0.05, 0) is 17.7 Å². The van der Waals surface area contributed by atoms with E-state index in [1.54, 1.807) is 30.3 Å². The topological polar surface area (TPSA) is 0 Å². The minimum Gasteiger partial charge on any atom is -0.207 e. The van der Waals surface area contributed by atoms with Crippen LogP contribution in [0.3, 0.4) is 0 Å². The van der Waals surface area contributed by atoms with Crippen molar-refractivity contribution >= 4 is 17.4 Å². The summed E-state index contributed by atoms with van der Waals surface area (Å²) in [5.41, 5.74) is 1.53. The molecule has 0 saturated carbocycles. The maximum Gasteiger partial charge on any atom is 0.128 e. The molecule has 2 rings (SSSR count). The summed E-state index contributed by atoms with van der Waals surface area (Å²) in [6.45, 7) is 1.96. The van der Waals surface area contributed by atoms with Crippen LogP contribution in [-0.2, 0) is 0 Å². The Morgan fingerprint density at radius 2 is 1.67 bits per heavy atom. The van der Waals surface area contributed by atoms with Gasteiger partial charge in [0.2, 0.25) is 0 Å². The molecule has 0 aromatic heterocycles. The first-order valence-corrected chi connectivity index (χ1v) is 6.23. The number of benzene rings is 2. The predicted molar refractivity (Wildman–Crippen MR) is 75.4 cm³/mol. The Morgan fingerprint density at radius 3 is 2.33 bits per heavy atom. The molecule has 0 aliphatic carbocycles. The van der Waals surface area contributed by atoms with Gasteiger partial charge in [-0.3, -0.25) is 0 Å². The van der Waals surface area contributed by atoms with Crippen LogP contribution < -0.4 is 0 Å². The Kier molecular flexibility index (Phi) is 4.16. The van der Waals surface area contributed by atoms with Gasteiger partial charge < -0.3 is 0 Å². The standard InChI is InChI=1S/C16H14ClF/c1-12(13-7-3-2-4-8-13)11-16(18)14-9-5-6-10-15(14)17/h2-12H,1H3/b16-11+. The van der Waals surface area contributed by atoms with Crippen LogP contribution in [-0.4, -0.2) is 0 Å². The SMILES string of the molecule is CC(/C=C(/F)c1ccccc1Cl)c1ccccc1. The molecule has 18 heavy (non-hydrogen) atoms. The third-order valence-corrected chi connectivity index (χ3v) is 3.18. The van der Waals surface area contributed by atoms with Crippen LogP contribution in [0.15, 0.2) is 60.7 Å². The molecule has 2 aromatic rings. The van der Waals surface area contributed by atoms with E-state index in [1.807, 2.05) is 37.3 Å². The summed E-state index contributed by atoms with van der Waals surface area (Å²) in [7, 11) is 0. The number of hydrogen-bond donors (Lipinski definition) is 0. The highest BCUT2D eigenvalue weighted by Gasteiger charge is 2.08. The molecule has 2 heteroatoms. The third kappa shape index (κ3) is 2.99. The molecule has 0 saturated heterocycles. The lowest BCUT2D eigenvalue weighted by atomic mass is 9.99. The normalized spacial score (nSPS) is 13.4. The fraction of sp³-hybridized carbons (Fsp3) is 0.125. The Hall–Kier alpha value is -1.60. The molecule has 0 heterocycles. The lowest BCUT2D eigenvalue weighted by Gasteiger charge is -2.08. The fourth-order valence-corrected chi connectivity index (χ4v) is 2.04. The molecule has 1 atom stereocenters. The predicted octanol–water partition coefficient (Wildman–Crippen LogP) is 5.45. The molecular formula is C16H14ClF. The zero-order valence-corrected chi connectivity index (χ0v) is 10.9. The Bertz CT molecular complexity index is 546. The molecule has 1 unspecified atom stereocenters. The Labute approximate surface area is 112 Å². The van der Waals surface area contributed by atoms with Crippen molar-refractivity contribution < 1.29 is 4.39 Å². The average Bonchev–Trinajstić information content (AvgIpc) is 2.40. The summed E-state index contributed by atoms with van der Waals surface area (Å²) >= 11 is 5.97. The van der Waals surface area contributed by atoms with E-state index in [-0.39, 0.29) is 11.7 Å². The van der Waals surface area contributed by atoms with E-state index >= 15 is 0 Å². The van der Waals surface area contributed by atoms with E-state index in [4.69, 9.17) is 11.6 Å². The van der Waals surface area contributed by atoms with Gasteiger partial charge in [-0.1, -0.05) is 67.1 Å². The van der Waals surface area contributed by atoms with Crippen LogP contribution in [0.5, 0.6) is 0 Å². The monoisotopic (exact) mass is 260 g/mol. The Morgan fingerprint density at radius 1 is 1.06 bits per heavy atom. The highest BCUT2D eigenvalue weighted by Crippen LogP contribution is 2.28. The van der Waals surface area contributed by atoms with Gasteiger partial charge in [-0.25, -0.2) is 4.39 Å². The first-order chi connectivity index (χ1) is 8.68. The number of rotatable bonds is 3. The van der Waals surface area contributed by atoms with Gasteiger partial charge in [0.25, 0.3) is 0 Å². The lowest BCUT2D eigenvalue weighted by Crippen LogP contribution is -1.90. The molecule has 0 N–H and O–H groups in total. The molecule has 0 spiro atoms. The molecule has 0 aliphatic rings. The molecule has 0 bridgehead atoms. The molecule has 2 aromatic carbocycles. The van der Waals surface area contributed by atoms with Crippen molar-refractivity contribution in [3.8, 4) is 0 Å². The van der Waals surface area contributed by atoms with Crippen LogP contribution in [0, 0.1) is 0 Å². The second kappa shape index (κ2) is 5.83. The molecule has 0 nitrogen and oxygen atoms in total. The van der Waals surface area contributed by atoms with Crippen LogP contribution in [0.25, 0.3) is 5.83 Å². The van der Waals surface area contributed by atoms with Crippen molar-refractivity contribution in [1.29, 1.82) is 0 Å². The van der Waals surface area contributed by atoms with Crippen molar-refractivity contribution in [2.24, 2.45) is 0 Å². The van der Waals surface area contributed by atoms with E-state index in [0.29, 0.717) is 10.6 Å². The van der Waals surface area contributed by atoms with Crippen molar-refractivity contribution in [3.63, 3.8) is 0 Å². The maximum absolute atomic E-state index is 14.1. The van der Waals surface area contributed by atoms with Gasteiger partial charge in [-0.2, -0.15) is 0 Å². The van der Waals surface area contributed by atoms with Crippen LogP contribution >= 0.6 is 11.6 Å². The smallest absolute Gasteiger partial charge is 0.128 e. The number of allylic oxidation sites excluding steroid dienone is 1. The molecule has 0 aliphatic heterocycles. The second-order valence-corrected chi connectivity index (χ2v) is 4.60. The molecule has 0 radical (unpaired) electrons. The quantitative estimate of drug-likeness (QED) is 0.688. The summed E-state index contributed by atoms with van der Waals surface area (Å²) in [6.07, 6.45) is 1.59. The van der Waals surface area contributed by atoms with Gasteiger partial charge in [-0.15, -0.1) is 0 Å². The van der Waals surface area contributed by atoms with Gasteiger partial charge in [0.05, 0.1) is 5.02 Å². The zero-order valence-electron chi connectivity index (χ0n) is 10.1. The number of halogens is 2. The summed E-state index contributed by atoms with van der Waals surface area (Å²) < 4.78 is 14.1. The highest BCUT2D eigenvalue weighted by atomic mass is 35.5. The third-order valence-electron chi connectivity index (χ3n) is 2.85. The van der Waals surface area contributed by atoms with Crippen LogP contribution in [0.2, 0.25) is 5.02 Å². The van der Waals surface area contributed by atoms with Crippen LogP contribution in [0.4, 0.5) is 4.39 Å². The van der Waals surface area contributed by atoms with Crippen LogP contribution in [0.1, 0.15) is 24.0 Å². The van der Waals surface area contributed by atoms with E-state index in [1.165, 1.54) is 0 Å². The molecule has 0 fully saturated rings. The van der Waals surface area contributed by atoms with E-state index in [0.717, 1.165) is 5.56 Å². The first kappa shape index (κ1) is 12.8. The summed E-state index contributed by atoms with van der Waals surface area (Å²) in [5, 5.41) is 0.437. The zero-order chi connectivity index (χ0) is 13.0. The summed E-state index contributed by atoms with van der Waals surface area (Å²) in [5.74, 6) is -0.264. The summed E-state index contributed by atoms with van der Waals surface area (Å²) in [4.78, 5) is 0. The molecule has 0 amide bonds. The lowest BCUT2D eigenvalue weighted by molar-refractivity contribution is 0.748. The van der Waals surface area contributed by atoms with Crippen molar-refractivity contribution in [3.05, 3.63) is 76.8 Å². The van der Waals surface area contributed by atoms with Crippen molar-refractivity contribution in [1.82, 2.24) is 0 Å². The van der Waals surface area contributed by atoms with Crippen molar-refractivity contribution in [2.75, 3.05) is 0 Å². The Balaban J connectivity index is 2.26. The fourth-order valence-electron chi connectivity index (χ4n) is 1.82. The number of hydrogen-bond acceptors (Lipinski definition) is 0. The molecular weight excluding hydrogens is 247 g/mol. The second-order valence-electron chi connectivity index (χ2n) is 4.19. The average molecular weight is 261 g/mol. The molecule has 92 valence electrons. The van der Waals surface area contributed by atoms with Gasteiger partial charge in [0.1, 0.15) is 5.83 Å². The largest absolute Gasteiger partial charge is 0.207 e. The van der Waals surface area contributed by atoms with Gasteiger partial charge >= 0.3 is 0 Å². The van der Waals surface area contributed by atoms with E-state index < -0.39 is 0 Å². The highest BCUT2D eigenvalue weighted by molar-refractivity contribution is 6.32. The van der Waals surface area contributed by atoms with Gasteiger partial charge in [0, 0.05) is 11.5 Å². The van der Waals surface area contributed by atoms with Crippen molar-refractivity contribution in [2.45, 2.75) is 12.8 Å². The minimum absolute atomic E-state index is 0.0162. The first-order valence-electron chi connectivity index (χ1n) is 5.85. The van der Waals surface area contributed by atoms with Gasteiger partial charge in [0.15, 0.2) is 0 Å². The summed E-state index contributed by atoms with van der Waals surface area (Å²) in [6, 6.07) is 16.8. The van der Waals surface area contributed by atoms with E-state index in [2.05, 4.69) is 0 Å². The minimum atomic E-state index is -0.281. The van der Waals surface area contributed by atoms with E-state index in [9.17, 15) is 4.39 Å². The maximum atomic E-state index is 14.1.